The zero-order valence-corrected chi connectivity index (χ0v) is 16.3. The van der Waals surface area contributed by atoms with Gasteiger partial charge in [0.1, 0.15) is 13.2 Å². The lowest BCUT2D eigenvalue weighted by molar-refractivity contribution is -0.121. The quantitative estimate of drug-likeness (QED) is 0.705. The fourth-order valence-electron chi connectivity index (χ4n) is 2.38. The van der Waals surface area contributed by atoms with Crippen molar-refractivity contribution in [2.75, 3.05) is 19.0 Å². The van der Waals surface area contributed by atoms with Crippen molar-refractivity contribution in [2.45, 2.75) is 24.5 Å². The van der Waals surface area contributed by atoms with Crippen LogP contribution in [0.3, 0.4) is 0 Å². The van der Waals surface area contributed by atoms with Crippen LogP contribution in [0.5, 0.6) is 11.5 Å². The van der Waals surface area contributed by atoms with E-state index in [0.717, 1.165) is 10.0 Å². The fourth-order valence-corrected chi connectivity index (χ4v) is 3.83. The number of thioether (sulfide) groups is 1. The van der Waals surface area contributed by atoms with Crippen molar-refractivity contribution in [3.05, 3.63) is 22.2 Å². The van der Waals surface area contributed by atoms with E-state index in [1.165, 1.54) is 11.8 Å². The zero-order chi connectivity index (χ0) is 17.8. The van der Waals surface area contributed by atoms with Crippen LogP contribution < -0.4 is 14.8 Å². The number of benzene rings is 1. The molecule has 0 saturated carbocycles. The first-order valence-electron chi connectivity index (χ1n) is 7.78. The van der Waals surface area contributed by atoms with Gasteiger partial charge in [0.25, 0.3) is 0 Å². The van der Waals surface area contributed by atoms with Gasteiger partial charge in [0.15, 0.2) is 11.5 Å². The minimum atomic E-state index is -0.154. The van der Waals surface area contributed by atoms with Crippen LogP contribution in [0.15, 0.2) is 21.8 Å². The van der Waals surface area contributed by atoms with Crippen molar-refractivity contribution >= 4 is 33.6 Å². The number of hydrogen-bond acceptors (Lipinski definition) is 7. The first kappa shape index (κ1) is 18.0. The fraction of sp³-hybridized carbons (Fsp3) is 0.467. The second-order valence-corrected chi connectivity index (χ2v) is 7.41. The van der Waals surface area contributed by atoms with Crippen LogP contribution in [0.25, 0.3) is 0 Å². The number of tetrazole rings is 1. The smallest absolute Gasteiger partial charge is 0.221 e. The summed E-state index contributed by atoms with van der Waals surface area (Å²) < 4.78 is 13.6. The van der Waals surface area contributed by atoms with Crippen LogP contribution in [0.1, 0.15) is 24.9 Å². The van der Waals surface area contributed by atoms with Gasteiger partial charge in [-0.2, -0.15) is 0 Å². The predicted molar refractivity (Wildman–Crippen MR) is 95.8 cm³/mol. The van der Waals surface area contributed by atoms with Crippen molar-refractivity contribution in [3.63, 3.8) is 0 Å². The van der Waals surface area contributed by atoms with Gasteiger partial charge in [-0.05, 0) is 35.0 Å². The maximum atomic E-state index is 12.2. The Morgan fingerprint density at radius 2 is 2.12 bits per heavy atom. The predicted octanol–water partition coefficient (Wildman–Crippen LogP) is 2.10. The molecule has 8 nitrogen and oxygen atoms in total. The largest absolute Gasteiger partial charge is 0.486 e. The lowest BCUT2D eigenvalue weighted by Gasteiger charge is -2.22. The summed E-state index contributed by atoms with van der Waals surface area (Å²) in [5.74, 6) is 2.00. The molecule has 134 valence electrons. The Bertz CT molecular complexity index is 770. The second-order valence-electron chi connectivity index (χ2n) is 5.49. The Hall–Kier alpha value is -1.81. The Labute approximate surface area is 157 Å². The molecule has 1 aliphatic rings. The molecule has 25 heavy (non-hydrogen) atoms. The van der Waals surface area contributed by atoms with Crippen LogP contribution >= 0.6 is 27.7 Å². The van der Waals surface area contributed by atoms with Crippen molar-refractivity contribution in [3.8, 4) is 11.5 Å². The molecule has 1 amide bonds. The van der Waals surface area contributed by atoms with Crippen LogP contribution in [0, 0.1) is 0 Å². The van der Waals surface area contributed by atoms with E-state index >= 15 is 0 Å². The maximum absolute atomic E-state index is 12.2. The van der Waals surface area contributed by atoms with Gasteiger partial charge in [0.2, 0.25) is 11.1 Å². The molecular weight excluding hydrogens is 410 g/mol. The van der Waals surface area contributed by atoms with E-state index in [9.17, 15) is 4.79 Å². The van der Waals surface area contributed by atoms with Crippen LogP contribution in [0.2, 0.25) is 0 Å². The summed E-state index contributed by atoms with van der Waals surface area (Å²) in [4.78, 5) is 12.2. The number of nitrogens with one attached hydrogen (secondary N) is 1. The molecular formula is C15H18BrN5O3S. The Morgan fingerprint density at radius 1 is 1.40 bits per heavy atom. The number of nitrogens with zero attached hydrogens (tertiary/aromatic N) is 4. The van der Waals surface area contributed by atoms with Gasteiger partial charge >= 0.3 is 0 Å². The van der Waals surface area contributed by atoms with Crippen LogP contribution in [-0.2, 0) is 11.8 Å². The molecule has 0 radical (unpaired) electrons. The van der Waals surface area contributed by atoms with Crippen molar-refractivity contribution < 1.29 is 14.3 Å². The van der Waals surface area contributed by atoms with E-state index in [2.05, 4.69) is 36.8 Å². The number of carbonyl (C=O) groups is 1. The molecule has 1 N–H and O–H groups in total. The molecule has 1 atom stereocenters. The standard InChI is InChI=1S/C15H18BrN5O3S/c1-9(10-7-12-13(8-11(10)16)24-5-4-23-12)17-14(22)3-6-25-15-18-19-20-21(15)2/h7-9H,3-6H2,1-2H3,(H,17,22). The molecule has 10 heteroatoms. The summed E-state index contributed by atoms with van der Waals surface area (Å²) in [5.41, 5.74) is 0.947. The van der Waals surface area contributed by atoms with Crippen molar-refractivity contribution in [1.29, 1.82) is 0 Å². The summed E-state index contributed by atoms with van der Waals surface area (Å²) in [6.07, 6.45) is 0.379. The molecule has 2 heterocycles. The summed E-state index contributed by atoms with van der Waals surface area (Å²) in [7, 11) is 1.77. The summed E-state index contributed by atoms with van der Waals surface area (Å²) in [6, 6.07) is 3.63. The SMILES string of the molecule is CC(NC(=O)CCSc1nnnn1C)c1cc2c(cc1Br)OCCO2. The number of aromatic nitrogens is 4. The highest BCUT2D eigenvalue weighted by Gasteiger charge is 2.19. The van der Waals surface area contributed by atoms with Crippen molar-refractivity contribution in [1.82, 2.24) is 25.5 Å². The molecule has 0 fully saturated rings. The molecule has 2 aromatic rings. The van der Waals surface area contributed by atoms with E-state index in [1.54, 1.807) is 11.7 Å². The topological polar surface area (TPSA) is 91.2 Å². The average Bonchev–Trinajstić information content (AvgIpc) is 2.99. The number of amides is 1. The first-order chi connectivity index (χ1) is 12.0. The van der Waals surface area contributed by atoms with Gasteiger partial charge in [-0.15, -0.1) is 5.10 Å². The third kappa shape index (κ3) is 4.43. The number of ether oxygens (including phenoxy) is 2. The average molecular weight is 428 g/mol. The van der Waals surface area contributed by atoms with Gasteiger partial charge in [-0.1, -0.05) is 27.7 Å². The molecule has 0 spiro atoms. The normalized spacial score (nSPS) is 14.2. The van der Waals surface area contributed by atoms with E-state index in [1.807, 2.05) is 19.1 Å². The lowest BCUT2D eigenvalue weighted by Crippen LogP contribution is -2.27. The Balaban J connectivity index is 1.55. The van der Waals surface area contributed by atoms with E-state index in [4.69, 9.17) is 9.47 Å². The molecule has 1 aromatic carbocycles. The van der Waals surface area contributed by atoms with Gasteiger partial charge in [-0.25, -0.2) is 4.68 Å². The maximum Gasteiger partial charge on any atom is 0.221 e. The highest BCUT2D eigenvalue weighted by Crippen LogP contribution is 2.37. The Kier molecular flexibility index (Phi) is 5.79. The number of halogens is 1. The van der Waals surface area contributed by atoms with E-state index < -0.39 is 0 Å². The third-order valence-electron chi connectivity index (χ3n) is 3.65. The van der Waals surface area contributed by atoms with Gasteiger partial charge in [-0.3, -0.25) is 4.79 Å². The second kappa shape index (κ2) is 8.05. The molecule has 0 bridgehead atoms. The first-order valence-corrected chi connectivity index (χ1v) is 9.56. The van der Waals surface area contributed by atoms with E-state index in [0.29, 0.717) is 42.0 Å². The van der Waals surface area contributed by atoms with Crippen LogP contribution in [0.4, 0.5) is 0 Å². The number of hydrogen-bond donors (Lipinski definition) is 1. The van der Waals surface area contributed by atoms with Gasteiger partial charge < -0.3 is 14.8 Å². The number of carbonyl (C=O) groups excluding carboxylic acids is 1. The molecule has 0 aliphatic carbocycles. The Morgan fingerprint density at radius 3 is 2.80 bits per heavy atom. The minimum absolute atomic E-state index is 0.0306. The molecule has 1 unspecified atom stereocenters. The number of fused-ring (bicyclic) bond motifs is 1. The zero-order valence-electron chi connectivity index (χ0n) is 13.9. The molecule has 3 rings (SSSR count). The number of aryl methyl sites for hydroxylation is 1. The third-order valence-corrected chi connectivity index (χ3v) is 5.35. The van der Waals surface area contributed by atoms with Gasteiger partial charge in [0.05, 0.1) is 6.04 Å². The summed E-state index contributed by atoms with van der Waals surface area (Å²) >= 11 is 4.98. The molecule has 1 aliphatic heterocycles. The summed E-state index contributed by atoms with van der Waals surface area (Å²) in [5, 5.41) is 14.9. The minimum Gasteiger partial charge on any atom is -0.486 e. The monoisotopic (exact) mass is 427 g/mol. The van der Waals surface area contributed by atoms with Gasteiger partial charge in [0, 0.05) is 23.7 Å². The van der Waals surface area contributed by atoms with Crippen LogP contribution in [-0.4, -0.2) is 45.1 Å². The van der Waals surface area contributed by atoms with E-state index in [-0.39, 0.29) is 11.9 Å². The highest BCUT2D eigenvalue weighted by atomic mass is 79.9. The summed E-state index contributed by atoms with van der Waals surface area (Å²) in [6.45, 7) is 3.01. The molecule has 0 saturated heterocycles. The lowest BCUT2D eigenvalue weighted by atomic mass is 10.1. The highest BCUT2D eigenvalue weighted by molar-refractivity contribution is 9.10. The molecule has 1 aromatic heterocycles. The van der Waals surface area contributed by atoms with Crippen molar-refractivity contribution in [2.24, 2.45) is 7.05 Å². The number of rotatable bonds is 6.